The lowest BCUT2D eigenvalue weighted by atomic mass is 10.2. The molecule has 5 heteroatoms. The zero-order valence-electron chi connectivity index (χ0n) is 10.8. The van der Waals surface area contributed by atoms with Crippen molar-refractivity contribution in [1.29, 1.82) is 0 Å². The van der Waals surface area contributed by atoms with Crippen LogP contribution in [0.3, 0.4) is 0 Å². The van der Waals surface area contributed by atoms with Gasteiger partial charge in [0.25, 0.3) is 0 Å². The third kappa shape index (κ3) is 3.40. The van der Waals surface area contributed by atoms with Crippen molar-refractivity contribution in [3.05, 3.63) is 59.4 Å². The van der Waals surface area contributed by atoms with Gasteiger partial charge in [0.2, 0.25) is 6.79 Å². The van der Waals surface area contributed by atoms with Gasteiger partial charge in [-0.1, -0.05) is 18.2 Å². The molecule has 2 aromatic rings. The van der Waals surface area contributed by atoms with Crippen LogP contribution in [0.4, 0.5) is 4.39 Å². The molecule has 0 atom stereocenters. The number of hydrogen-bond acceptors (Lipinski definition) is 3. The van der Waals surface area contributed by atoms with Gasteiger partial charge in [-0.3, -0.25) is 0 Å². The van der Waals surface area contributed by atoms with Gasteiger partial charge in [-0.25, -0.2) is 4.39 Å². The normalized spacial score (nSPS) is 12.1. The maximum Gasteiger partial charge on any atom is 0.231 e. The van der Waals surface area contributed by atoms with Crippen LogP contribution in [0.15, 0.2) is 42.5 Å². The van der Waals surface area contributed by atoms with Crippen LogP contribution in [0.25, 0.3) is 0 Å². The van der Waals surface area contributed by atoms with Gasteiger partial charge in [-0.2, -0.15) is 0 Å². The monoisotopic (exact) mass is 295 g/mol. The Morgan fingerprint density at radius 2 is 1.55 bits per heavy atom. The van der Waals surface area contributed by atoms with Crippen LogP contribution >= 0.6 is 12.4 Å². The van der Waals surface area contributed by atoms with E-state index in [0.29, 0.717) is 13.3 Å². The van der Waals surface area contributed by atoms with Crippen LogP contribution in [-0.4, -0.2) is 6.79 Å². The molecule has 1 heterocycles. The number of ether oxygens (including phenoxy) is 2. The molecule has 0 fully saturated rings. The zero-order valence-corrected chi connectivity index (χ0v) is 11.6. The second kappa shape index (κ2) is 6.59. The first kappa shape index (κ1) is 14.6. The molecule has 2 aromatic carbocycles. The molecule has 0 spiro atoms. The molecule has 0 amide bonds. The molecule has 0 saturated carbocycles. The second-order valence-corrected chi connectivity index (χ2v) is 4.42. The fourth-order valence-corrected chi connectivity index (χ4v) is 2.00. The van der Waals surface area contributed by atoms with Crippen molar-refractivity contribution in [2.75, 3.05) is 6.79 Å². The van der Waals surface area contributed by atoms with Crippen molar-refractivity contribution in [3.63, 3.8) is 0 Å². The van der Waals surface area contributed by atoms with Crippen LogP contribution in [0.1, 0.15) is 11.1 Å². The van der Waals surface area contributed by atoms with Crippen molar-refractivity contribution in [3.8, 4) is 11.5 Å². The first-order chi connectivity index (χ1) is 9.31. The van der Waals surface area contributed by atoms with E-state index in [9.17, 15) is 4.39 Å². The van der Waals surface area contributed by atoms with Crippen molar-refractivity contribution in [2.24, 2.45) is 0 Å². The molecule has 0 unspecified atom stereocenters. The van der Waals surface area contributed by atoms with E-state index in [2.05, 4.69) is 5.32 Å². The Morgan fingerprint density at radius 1 is 0.900 bits per heavy atom. The maximum atomic E-state index is 12.8. The lowest BCUT2D eigenvalue weighted by Crippen LogP contribution is -2.12. The van der Waals surface area contributed by atoms with Gasteiger partial charge in [0.15, 0.2) is 11.5 Å². The topological polar surface area (TPSA) is 30.5 Å². The number of fused-ring (bicyclic) bond motifs is 1. The Balaban J connectivity index is 0.00000147. The molecule has 0 saturated heterocycles. The second-order valence-electron chi connectivity index (χ2n) is 4.42. The predicted molar refractivity (Wildman–Crippen MR) is 76.8 cm³/mol. The lowest BCUT2D eigenvalue weighted by molar-refractivity contribution is 0.174. The van der Waals surface area contributed by atoms with E-state index in [0.717, 1.165) is 29.2 Å². The quantitative estimate of drug-likeness (QED) is 0.939. The summed E-state index contributed by atoms with van der Waals surface area (Å²) in [5, 5.41) is 3.31. The van der Waals surface area contributed by atoms with E-state index in [-0.39, 0.29) is 18.2 Å². The maximum absolute atomic E-state index is 12.8. The van der Waals surface area contributed by atoms with Crippen molar-refractivity contribution in [2.45, 2.75) is 13.1 Å². The van der Waals surface area contributed by atoms with Gasteiger partial charge in [-0.15, -0.1) is 12.4 Å². The number of nitrogens with one attached hydrogen (secondary N) is 1. The minimum Gasteiger partial charge on any atom is -0.454 e. The number of halogens is 2. The van der Waals surface area contributed by atoms with Gasteiger partial charge in [-0.05, 0) is 35.4 Å². The van der Waals surface area contributed by atoms with Crippen LogP contribution in [0, 0.1) is 5.82 Å². The fourth-order valence-electron chi connectivity index (χ4n) is 2.00. The van der Waals surface area contributed by atoms with Crippen LogP contribution in [0.2, 0.25) is 0 Å². The third-order valence-electron chi connectivity index (χ3n) is 3.01. The minimum atomic E-state index is -0.209. The van der Waals surface area contributed by atoms with Gasteiger partial charge in [0, 0.05) is 13.1 Å². The van der Waals surface area contributed by atoms with E-state index in [4.69, 9.17) is 9.47 Å². The standard InChI is InChI=1S/C15H14FNO2.ClH/c16-13-4-1-11(2-5-13)8-17-9-12-3-6-14-15(7-12)19-10-18-14;/h1-7,17H,8-10H2;1H. The lowest BCUT2D eigenvalue weighted by Gasteiger charge is -2.06. The number of rotatable bonds is 4. The summed E-state index contributed by atoms with van der Waals surface area (Å²) in [6.45, 7) is 1.73. The smallest absolute Gasteiger partial charge is 0.231 e. The Labute approximate surface area is 123 Å². The van der Waals surface area contributed by atoms with Gasteiger partial charge in [0.1, 0.15) is 5.82 Å². The van der Waals surface area contributed by atoms with Crippen LogP contribution in [-0.2, 0) is 13.1 Å². The molecular weight excluding hydrogens is 281 g/mol. The Bertz CT molecular complexity index is 575. The molecule has 20 heavy (non-hydrogen) atoms. The average molecular weight is 296 g/mol. The zero-order chi connectivity index (χ0) is 13.1. The van der Waals surface area contributed by atoms with Crippen LogP contribution < -0.4 is 14.8 Å². The van der Waals surface area contributed by atoms with E-state index in [1.165, 1.54) is 12.1 Å². The minimum absolute atomic E-state index is 0. The fraction of sp³-hybridized carbons (Fsp3) is 0.200. The first-order valence-corrected chi connectivity index (χ1v) is 6.15. The van der Waals surface area contributed by atoms with Crippen LogP contribution in [0.5, 0.6) is 11.5 Å². The Morgan fingerprint density at radius 3 is 2.35 bits per heavy atom. The molecule has 106 valence electrons. The van der Waals surface area contributed by atoms with Crippen molar-refractivity contribution in [1.82, 2.24) is 5.32 Å². The molecule has 3 rings (SSSR count). The van der Waals surface area contributed by atoms with Crippen molar-refractivity contribution < 1.29 is 13.9 Å². The van der Waals surface area contributed by atoms with Crippen molar-refractivity contribution >= 4 is 12.4 Å². The molecule has 0 aromatic heterocycles. The molecule has 0 aliphatic carbocycles. The molecule has 0 radical (unpaired) electrons. The molecule has 3 nitrogen and oxygen atoms in total. The first-order valence-electron chi connectivity index (χ1n) is 6.15. The third-order valence-corrected chi connectivity index (χ3v) is 3.01. The highest BCUT2D eigenvalue weighted by molar-refractivity contribution is 5.85. The van der Waals surface area contributed by atoms with Gasteiger partial charge >= 0.3 is 0 Å². The average Bonchev–Trinajstić information content (AvgIpc) is 2.88. The number of hydrogen-bond donors (Lipinski definition) is 1. The highest BCUT2D eigenvalue weighted by Crippen LogP contribution is 2.32. The molecule has 0 bridgehead atoms. The molecular formula is C15H15ClFNO2. The van der Waals surface area contributed by atoms with E-state index < -0.39 is 0 Å². The van der Waals surface area contributed by atoms with E-state index >= 15 is 0 Å². The van der Waals surface area contributed by atoms with E-state index in [1.54, 1.807) is 12.1 Å². The highest BCUT2D eigenvalue weighted by Gasteiger charge is 2.12. The summed E-state index contributed by atoms with van der Waals surface area (Å²) in [7, 11) is 0. The van der Waals surface area contributed by atoms with E-state index in [1.807, 2.05) is 18.2 Å². The largest absolute Gasteiger partial charge is 0.454 e. The SMILES string of the molecule is Cl.Fc1ccc(CNCc2ccc3c(c2)OCO3)cc1. The summed E-state index contributed by atoms with van der Waals surface area (Å²) in [6, 6.07) is 12.4. The Hall–Kier alpha value is -1.78. The molecule has 1 aliphatic rings. The van der Waals surface area contributed by atoms with Gasteiger partial charge < -0.3 is 14.8 Å². The predicted octanol–water partition coefficient (Wildman–Crippen LogP) is 3.27. The molecule has 1 N–H and O–H groups in total. The summed E-state index contributed by atoms with van der Waals surface area (Å²) < 4.78 is 23.3. The summed E-state index contributed by atoms with van der Waals surface area (Å²) in [6.07, 6.45) is 0. The Kier molecular flexibility index (Phi) is 4.82. The summed E-state index contributed by atoms with van der Waals surface area (Å²) in [5.41, 5.74) is 2.19. The summed E-state index contributed by atoms with van der Waals surface area (Å²) in [4.78, 5) is 0. The summed E-state index contributed by atoms with van der Waals surface area (Å²) in [5.74, 6) is 1.38. The van der Waals surface area contributed by atoms with Gasteiger partial charge in [0.05, 0.1) is 0 Å². The number of benzene rings is 2. The summed E-state index contributed by atoms with van der Waals surface area (Å²) >= 11 is 0. The highest BCUT2D eigenvalue weighted by atomic mass is 35.5. The molecule has 1 aliphatic heterocycles.